The van der Waals surface area contributed by atoms with E-state index < -0.39 is 0 Å². The Morgan fingerprint density at radius 1 is 1.32 bits per heavy atom. The van der Waals surface area contributed by atoms with E-state index in [1.54, 1.807) is 18.2 Å². The lowest BCUT2D eigenvalue weighted by Crippen LogP contribution is -2.44. The number of halogens is 2. The minimum absolute atomic E-state index is 0.219. The highest BCUT2D eigenvalue weighted by molar-refractivity contribution is 7.14. The quantitative estimate of drug-likeness (QED) is 0.831. The number of hydrogen-bond donors (Lipinski definition) is 1. The molecule has 2 heterocycles. The number of nitrogens with zero attached hydrogens (tertiary/aromatic N) is 2. The highest BCUT2D eigenvalue weighted by Crippen LogP contribution is 2.24. The van der Waals surface area contributed by atoms with Gasteiger partial charge in [-0.3, -0.25) is 15.0 Å². The van der Waals surface area contributed by atoms with E-state index in [1.807, 2.05) is 5.38 Å². The summed E-state index contributed by atoms with van der Waals surface area (Å²) in [5.74, 6) is -0.256. The molecule has 0 radical (unpaired) electrons. The van der Waals surface area contributed by atoms with Crippen LogP contribution in [-0.2, 0) is 11.3 Å². The van der Waals surface area contributed by atoms with Gasteiger partial charge in [-0.2, -0.15) is 0 Å². The molecule has 25 heavy (non-hydrogen) atoms. The molecule has 1 N–H and O–H groups in total. The molecule has 2 atom stereocenters. The first-order valence-electron chi connectivity index (χ1n) is 7.99. The molecule has 1 saturated heterocycles. The summed E-state index contributed by atoms with van der Waals surface area (Å²) >= 11 is 13.2. The number of aromatic nitrogens is 1. The van der Waals surface area contributed by atoms with Crippen molar-refractivity contribution >= 4 is 45.6 Å². The van der Waals surface area contributed by atoms with Crippen LogP contribution in [0, 0.1) is 0 Å². The molecular weight excluding hydrogens is 381 g/mol. The number of thiazole rings is 1. The average Bonchev–Trinajstić information content (AvgIpc) is 2.95. The molecule has 8 heteroatoms. The highest BCUT2D eigenvalue weighted by Gasteiger charge is 2.22. The summed E-state index contributed by atoms with van der Waals surface area (Å²) < 4.78 is 5.74. The number of carbonyl (C=O) groups excluding carboxylic acids is 1. The van der Waals surface area contributed by atoms with E-state index in [-0.39, 0.29) is 18.1 Å². The van der Waals surface area contributed by atoms with Gasteiger partial charge in [0.05, 0.1) is 27.9 Å². The number of rotatable bonds is 4. The molecule has 134 valence electrons. The molecule has 1 fully saturated rings. The number of anilines is 1. The standard InChI is InChI=1S/C17H19Cl2N3O2S/c1-10-6-22(7-11(2)24-10)8-13-9-25-17(20-13)21-16(23)12-3-4-14(18)15(19)5-12/h3-5,9-11H,6-8H2,1-2H3,(H,20,21,23)/t10-,11-/m1/s1. The zero-order valence-corrected chi connectivity index (χ0v) is 16.3. The lowest BCUT2D eigenvalue weighted by atomic mass is 10.2. The maximum Gasteiger partial charge on any atom is 0.257 e. The second-order valence-corrected chi connectivity index (χ2v) is 7.85. The van der Waals surface area contributed by atoms with Crippen molar-refractivity contribution in [2.75, 3.05) is 18.4 Å². The fourth-order valence-corrected chi connectivity index (χ4v) is 3.88. The molecule has 0 aliphatic carbocycles. The minimum Gasteiger partial charge on any atom is -0.373 e. The van der Waals surface area contributed by atoms with Crippen LogP contribution < -0.4 is 5.32 Å². The van der Waals surface area contributed by atoms with Crippen LogP contribution in [0.25, 0.3) is 0 Å². The second kappa shape index (κ2) is 8.01. The summed E-state index contributed by atoms with van der Waals surface area (Å²) in [5.41, 5.74) is 1.39. The van der Waals surface area contributed by atoms with Crippen molar-refractivity contribution in [1.82, 2.24) is 9.88 Å². The molecule has 2 aromatic rings. The maximum atomic E-state index is 12.3. The monoisotopic (exact) mass is 399 g/mol. The van der Waals surface area contributed by atoms with Gasteiger partial charge in [0.2, 0.25) is 0 Å². The van der Waals surface area contributed by atoms with Crippen molar-refractivity contribution in [2.45, 2.75) is 32.6 Å². The van der Waals surface area contributed by atoms with Gasteiger partial charge < -0.3 is 4.74 Å². The molecule has 0 bridgehead atoms. The Labute approximate surface area is 160 Å². The van der Waals surface area contributed by atoms with Crippen LogP contribution in [0.3, 0.4) is 0 Å². The van der Waals surface area contributed by atoms with Crippen molar-refractivity contribution in [2.24, 2.45) is 0 Å². The summed E-state index contributed by atoms with van der Waals surface area (Å²) in [7, 11) is 0. The molecule has 0 unspecified atom stereocenters. The highest BCUT2D eigenvalue weighted by atomic mass is 35.5. The van der Waals surface area contributed by atoms with Gasteiger partial charge >= 0.3 is 0 Å². The Morgan fingerprint density at radius 3 is 2.72 bits per heavy atom. The Kier molecular flexibility index (Phi) is 5.96. The molecule has 1 aromatic heterocycles. The van der Waals surface area contributed by atoms with Crippen LogP contribution >= 0.6 is 34.5 Å². The summed E-state index contributed by atoms with van der Waals surface area (Å²) in [6.45, 7) is 6.66. The van der Waals surface area contributed by atoms with Gasteiger partial charge in [0.25, 0.3) is 5.91 Å². The van der Waals surface area contributed by atoms with Gasteiger partial charge in [0.15, 0.2) is 5.13 Å². The zero-order valence-electron chi connectivity index (χ0n) is 14.0. The lowest BCUT2D eigenvalue weighted by molar-refractivity contribution is -0.0707. The first-order chi connectivity index (χ1) is 11.9. The number of benzene rings is 1. The van der Waals surface area contributed by atoms with E-state index in [1.165, 1.54) is 11.3 Å². The molecule has 0 saturated carbocycles. The van der Waals surface area contributed by atoms with Gasteiger partial charge in [-0.05, 0) is 32.0 Å². The fraction of sp³-hybridized carbons (Fsp3) is 0.412. The van der Waals surface area contributed by atoms with Gasteiger partial charge in [-0.25, -0.2) is 4.98 Å². The summed E-state index contributed by atoms with van der Waals surface area (Å²) in [6, 6.07) is 4.78. The summed E-state index contributed by atoms with van der Waals surface area (Å²) in [4.78, 5) is 19.1. The van der Waals surface area contributed by atoms with Crippen molar-refractivity contribution in [1.29, 1.82) is 0 Å². The first kappa shape index (κ1) is 18.6. The fourth-order valence-electron chi connectivity index (χ4n) is 2.89. The van der Waals surface area contributed by atoms with Gasteiger partial charge in [0.1, 0.15) is 0 Å². The van der Waals surface area contributed by atoms with Crippen molar-refractivity contribution < 1.29 is 9.53 Å². The zero-order chi connectivity index (χ0) is 18.0. The van der Waals surface area contributed by atoms with E-state index in [9.17, 15) is 4.79 Å². The van der Waals surface area contributed by atoms with Crippen molar-refractivity contribution in [3.05, 3.63) is 44.9 Å². The maximum absolute atomic E-state index is 12.3. The number of hydrogen-bond acceptors (Lipinski definition) is 5. The Bertz CT molecular complexity index is 758. The molecular formula is C17H19Cl2N3O2S. The van der Waals surface area contributed by atoms with E-state index in [2.05, 4.69) is 29.0 Å². The van der Waals surface area contributed by atoms with Crippen molar-refractivity contribution in [3.63, 3.8) is 0 Å². The third kappa shape index (κ3) is 4.92. The second-order valence-electron chi connectivity index (χ2n) is 6.18. The molecule has 1 aliphatic rings. The normalized spacial score (nSPS) is 21.3. The van der Waals surface area contributed by atoms with Crippen molar-refractivity contribution in [3.8, 4) is 0 Å². The van der Waals surface area contributed by atoms with Crippen LogP contribution in [0.4, 0.5) is 5.13 Å². The minimum atomic E-state index is -0.256. The van der Waals surface area contributed by atoms with Crippen LogP contribution in [0.5, 0.6) is 0 Å². The Morgan fingerprint density at radius 2 is 2.04 bits per heavy atom. The third-order valence-corrected chi connectivity index (χ3v) is 5.38. The van der Waals surface area contributed by atoms with Crippen LogP contribution in [0.2, 0.25) is 10.0 Å². The summed E-state index contributed by atoms with van der Waals surface area (Å²) in [6.07, 6.45) is 0.437. The number of morpholine rings is 1. The topological polar surface area (TPSA) is 54.5 Å². The van der Waals surface area contributed by atoms with E-state index in [0.29, 0.717) is 20.7 Å². The van der Waals surface area contributed by atoms with E-state index in [0.717, 1.165) is 25.3 Å². The molecule has 1 aromatic carbocycles. The molecule has 0 spiro atoms. The van der Waals surface area contributed by atoms with Crippen LogP contribution in [0.1, 0.15) is 29.9 Å². The predicted molar refractivity (Wildman–Crippen MR) is 102 cm³/mol. The van der Waals surface area contributed by atoms with Crippen LogP contribution in [-0.4, -0.2) is 41.1 Å². The smallest absolute Gasteiger partial charge is 0.257 e. The van der Waals surface area contributed by atoms with E-state index >= 15 is 0 Å². The van der Waals surface area contributed by atoms with Gasteiger partial charge in [-0.15, -0.1) is 11.3 Å². The molecule has 1 aliphatic heterocycles. The lowest BCUT2D eigenvalue weighted by Gasteiger charge is -2.34. The van der Waals surface area contributed by atoms with E-state index in [4.69, 9.17) is 27.9 Å². The van der Waals surface area contributed by atoms with Gasteiger partial charge in [0, 0.05) is 30.6 Å². The number of amides is 1. The number of ether oxygens (including phenoxy) is 1. The number of carbonyl (C=O) groups is 1. The largest absolute Gasteiger partial charge is 0.373 e. The Hall–Kier alpha value is -1.18. The van der Waals surface area contributed by atoms with Crippen LogP contribution in [0.15, 0.2) is 23.6 Å². The molecule has 3 rings (SSSR count). The first-order valence-corrected chi connectivity index (χ1v) is 9.63. The van der Waals surface area contributed by atoms with Gasteiger partial charge in [-0.1, -0.05) is 23.2 Å². The average molecular weight is 400 g/mol. The molecule has 1 amide bonds. The summed E-state index contributed by atoms with van der Waals surface area (Å²) in [5, 5.41) is 6.11. The third-order valence-electron chi connectivity index (χ3n) is 3.83. The molecule has 5 nitrogen and oxygen atoms in total. The predicted octanol–water partition coefficient (Wildman–Crippen LogP) is 4.31. The SMILES string of the molecule is C[C@@H]1CN(Cc2csc(NC(=O)c3ccc(Cl)c(Cl)c3)n2)C[C@@H](C)O1. The number of nitrogens with one attached hydrogen (secondary N) is 1. The Balaban J connectivity index is 1.61.